The first-order chi connectivity index (χ1) is 16.5. The normalized spacial score (nSPS) is 17.7. The van der Waals surface area contributed by atoms with E-state index in [1.54, 1.807) is 24.4 Å². The Morgan fingerprint density at radius 1 is 0.853 bits per heavy atom. The van der Waals surface area contributed by atoms with Gasteiger partial charge < -0.3 is 14.5 Å². The minimum atomic E-state index is -3.59. The molecule has 3 aromatic rings. The molecule has 2 saturated heterocycles. The van der Waals surface area contributed by atoms with E-state index in [2.05, 4.69) is 34.1 Å². The van der Waals surface area contributed by atoms with Gasteiger partial charge in [-0.3, -0.25) is 0 Å². The molecule has 10 heteroatoms. The van der Waals surface area contributed by atoms with Gasteiger partial charge in [0.1, 0.15) is 0 Å². The Morgan fingerprint density at radius 3 is 2.29 bits per heavy atom. The van der Waals surface area contributed by atoms with Crippen molar-refractivity contribution in [1.82, 2.24) is 14.3 Å². The van der Waals surface area contributed by atoms with E-state index in [9.17, 15) is 8.42 Å². The fourth-order valence-electron chi connectivity index (χ4n) is 4.23. The van der Waals surface area contributed by atoms with Gasteiger partial charge in [0.05, 0.1) is 23.8 Å². The zero-order valence-electron chi connectivity index (χ0n) is 18.7. The summed E-state index contributed by atoms with van der Waals surface area (Å²) in [5, 5.41) is 0.405. The largest absolute Gasteiger partial charge is 0.378 e. The standard InChI is InChI=1S/C24H26ClN5O3S/c25-20-2-1-3-22(18-20)34(31,32)30-12-10-29(11-13-30)24-26-9-8-23(27-24)19-4-6-21(7-5-19)28-14-16-33-17-15-28/h1-9,18H,10-17H2. The highest BCUT2D eigenvalue weighted by Gasteiger charge is 2.29. The predicted molar refractivity (Wildman–Crippen MR) is 133 cm³/mol. The molecule has 0 radical (unpaired) electrons. The molecule has 2 aliphatic heterocycles. The van der Waals surface area contributed by atoms with Crippen molar-refractivity contribution in [2.45, 2.75) is 4.90 Å². The Morgan fingerprint density at radius 2 is 1.59 bits per heavy atom. The lowest BCUT2D eigenvalue weighted by Crippen LogP contribution is -2.49. The van der Waals surface area contributed by atoms with Gasteiger partial charge >= 0.3 is 0 Å². The molecule has 3 heterocycles. The van der Waals surface area contributed by atoms with E-state index >= 15 is 0 Å². The number of piperazine rings is 1. The topological polar surface area (TPSA) is 78.9 Å². The van der Waals surface area contributed by atoms with E-state index in [0.717, 1.165) is 37.6 Å². The molecule has 0 amide bonds. The summed E-state index contributed by atoms with van der Waals surface area (Å²) in [5.41, 5.74) is 3.04. The molecular formula is C24H26ClN5O3S. The molecule has 0 spiro atoms. The van der Waals surface area contributed by atoms with E-state index in [1.165, 1.54) is 16.1 Å². The summed E-state index contributed by atoms with van der Waals surface area (Å²) in [6, 6.07) is 16.7. The molecule has 8 nitrogen and oxygen atoms in total. The Bertz CT molecular complexity index is 1240. The lowest BCUT2D eigenvalue weighted by atomic mass is 10.1. The second-order valence-electron chi connectivity index (χ2n) is 8.24. The maximum atomic E-state index is 13.0. The first-order valence-electron chi connectivity index (χ1n) is 11.3. The number of rotatable bonds is 5. The predicted octanol–water partition coefficient (Wildman–Crippen LogP) is 3.14. The van der Waals surface area contributed by atoms with Crippen LogP contribution in [0.1, 0.15) is 0 Å². The van der Waals surface area contributed by atoms with Crippen LogP contribution in [0.3, 0.4) is 0 Å². The van der Waals surface area contributed by atoms with Gasteiger partial charge in [0.15, 0.2) is 0 Å². The van der Waals surface area contributed by atoms with Crippen LogP contribution in [0.25, 0.3) is 11.3 Å². The highest BCUT2D eigenvalue weighted by molar-refractivity contribution is 7.89. The molecule has 34 heavy (non-hydrogen) atoms. The summed E-state index contributed by atoms with van der Waals surface area (Å²) in [4.78, 5) is 13.8. The van der Waals surface area contributed by atoms with E-state index in [0.29, 0.717) is 37.1 Å². The Hall–Kier alpha value is -2.72. The van der Waals surface area contributed by atoms with Crippen LogP contribution in [0.15, 0.2) is 65.7 Å². The number of anilines is 2. The maximum Gasteiger partial charge on any atom is 0.243 e. The van der Waals surface area contributed by atoms with Gasteiger partial charge in [0, 0.05) is 61.7 Å². The van der Waals surface area contributed by atoms with Crippen LogP contribution in [0.2, 0.25) is 5.02 Å². The molecule has 2 aromatic carbocycles. The number of benzene rings is 2. The molecular weight excluding hydrogens is 474 g/mol. The molecule has 0 atom stereocenters. The summed E-state index contributed by atoms with van der Waals surface area (Å²) < 4.78 is 32.9. The Labute approximate surface area is 204 Å². The molecule has 178 valence electrons. The second kappa shape index (κ2) is 9.87. The third-order valence-corrected chi connectivity index (χ3v) is 8.27. The smallest absolute Gasteiger partial charge is 0.243 e. The maximum absolute atomic E-state index is 13.0. The number of hydrogen-bond acceptors (Lipinski definition) is 7. The fraction of sp³-hybridized carbons (Fsp3) is 0.333. The second-order valence-corrected chi connectivity index (χ2v) is 10.6. The van der Waals surface area contributed by atoms with Crippen molar-refractivity contribution in [2.24, 2.45) is 0 Å². The average molecular weight is 500 g/mol. The third kappa shape index (κ3) is 4.88. The van der Waals surface area contributed by atoms with E-state index in [1.807, 2.05) is 11.0 Å². The quantitative estimate of drug-likeness (QED) is 0.533. The van der Waals surface area contributed by atoms with Gasteiger partial charge in [-0.2, -0.15) is 4.31 Å². The van der Waals surface area contributed by atoms with Crippen LogP contribution < -0.4 is 9.80 Å². The van der Waals surface area contributed by atoms with Gasteiger partial charge in [-0.25, -0.2) is 18.4 Å². The molecule has 0 unspecified atom stereocenters. The monoisotopic (exact) mass is 499 g/mol. The van der Waals surface area contributed by atoms with E-state index in [-0.39, 0.29) is 4.90 Å². The zero-order chi connectivity index (χ0) is 23.5. The van der Waals surface area contributed by atoms with Crippen LogP contribution in [-0.4, -0.2) is 75.2 Å². The molecule has 0 saturated carbocycles. The Balaban J connectivity index is 1.26. The summed E-state index contributed by atoms with van der Waals surface area (Å²) in [7, 11) is -3.59. The van der Waals surface area contributed by atoms with Gasteiger partial charge in [-0.1, -0.05) is 29.8 Å². The minimum absolute atomic E-state index is 0.215. The average Bonchev–Trinajstić information content (AvgIpc) is 2.89. The SMILES string of the molecule is O=S(=O)(c1cccc(Cl)c1)N1CCN(c2nccc(-c3ccc(N4CCOCC4)cc3)n2)CC1. The van der Waals surface area contributed by atoms with Crippen LogP contribution in [0.5, 0.6) is 0 Å². The van der Waals surface area contributed by atoms with E-state index in [4.69, 9.17) is 21.3 Å². The Kier molecular flexibility index (Phi) is 6.69. The van der Waals surface area contributed by atoms with Gasteiger partial charge in [-0.05, 0) is 36.4 Å². The fourth-order valence-corrected chi connectivity index (χ4v) is 5.95. The summed E-state index contributed by atoms with van der Waals surface area (Å²) in [6.45, 7) is 5.05. The molecule has 0 bridgehead atoms. The van der Waals surface area contributed by atoms with Crippen molar-refractivity contribution in [3.8, 4) is 11.3 Å². The highest BCUT2D eigenvalue weighted by Crippen LogP contribution is 2.25. The van der Waals surface area contributed by atoms with Crippen molar-refractivity contribution in [3.05, 3.63) is 65.8 Å². The van der Waals surface area contributed by atoms with Gasteiger partial charge in [0.25, 0.3) is 0 Å². The van der Waals surface area contributed by atoms with Gasteiger partial charge in [0.2, 0.25) is 16.0 Å². The van der Waals surface area contributed by atoms with Crippen LogP contribution >= 0.6 is 11.6 Å². The number of ether oxygens (including phenoxy) is 1. The van der Waals surface area contributed by atoms with Crippen molar-refractivity contribution in [1.29, 1.82) is 0 Å². The van der Waals surface area contributed by atoms with E-state index < -0.39 is 10.0 Å². The number of sulfonamides is 1. The molecule has 0 aliphatic carbocycles. The lowest BCUT2D eigenvalue weighted by molar-refractivity contribution is 0.122. The minimum Gasteiger partial charge on any atom is -0.378 e. The van der Waals surface area contributed by atoms with Crippen molar-refractivity contribution in [2.75, 3.05) is 62.3 Å². The van der Waals surface area contributed by atoms with Crippen molar-refractivity contribution >= 4 is 33.3 Å². The molecule has 2 aliphatic rings. The van der Waals surface area contributed by atoms with Crippen LogP contribution in [0.4, 0.5) is 11.6 Å². The van der Waals surface area contributed by atoms with Crippen LogP contribution in [-0.2, 0) is 14.8 Å². The van der Waals surface area contributed by atoms with Crippen LogP contribution in [0, 0.1) is 0 Å². The summed E-state index contributed by atoms with van der Waals surface area (Å²) in [6.07, 6.45) is 1.75. The summed E-state index contributed by atoms with van der Waals surface area (Å²) in [5.74, 6) is 0.606. The van der Waals surface area contributed by atoms with Crippen molar-refractivity contribution < 1.29 is 13.2 Å². The molecule has 1 aromatic heterocycles. The third-order valence-electron chi connectivity index (χ3n) is 6.14. The first-order valence-corrected chi connectivity index (χ1v) is 13.1. The zero-order valence-corrected chi connectivity index (χ0v) is 20.2. The number of halogens is 1. The highest BCUT2D eigenvalue weighted by atomic mass is 35.5. The number of aromatic nitrogens is 2. The van der Waals surface area contributed by atoms with Gasteiger partial charge in [-0.15, -0.1) is 0 Å². The number of hydrogen-bond donors (Lipinski definition) is 0. The number of nitrogens with zero attached hydrogens (tertiary/aromatic N) is 5. The molecule has 2 fully saturated rings. The first kappa shape index (κ1) is 23.0. The molecule has 0 N–H and O–H groups in total. The van der Waals surface area contributed by atoms with Crippen molar-refractivity contribution in [3.63, 3.8) is 0 Å². The number of morpholine rings is 1. The lowest BCUT2D eigenvalue weighted by Gasteiger charge is -2.34. The summed E-state index contributed by atoms with van der Waals surface area (Å²) >= 11 is 5.99. The molecule has 5 rings (SSSR count).